The van der Waals surface area contributed by atoms with Crippen LogP contribution in [-0.4, -0.2) is 37.3 Å². The van der Waals surface area contributed by atoms with Crippen LogP contribution in [0.5, 0.6) is 0 Å². The first-order valence-corrected chi connectivity index (χ1v) is 13.7. The number of nitrogens with one attached hydrogen (secondary N) is 1. The van der Waals surface area contributed by atoms with Crippen molar-refractivity contribution < 1.29 is 9.59 Å². The molecule has 0 fully saturated rings. The molecule has 1 atom stereocenters. The second-order valence-electron chi connectivity index (χ2n) is 9.83. The van der Waals surface area contributed by atoms with Gasteiger partial charge in [-0.2, -0.15) is 0 Å². The molecule has 0 unspecified atom stereocenters. The molecule has 0 spiro atoms. The van der Waals surface area contributed by atoms with Crippen LogP contribution in [0.2, 0.25) is 5.02 Å². The number of aromatic nitrogens is 3. The summed E-state index contributed by atoms with van der Waals surface area (Å²) in [5, 5.41) is 13.5. The van der Waals surface area contributed by atoms with Crippen LogP contribution in [0.4, 0.5) is 10.5 Å². The zero-order valence-corrected chi connectivity index (χ0v) is 23.2. The average Bonchev–Trinajstić information content (AvgIpc) is 3.55. The third-order valence-electron chi connectivity index (χ3n) is 7.26. The van der Waals surface area contributed by atoms with E-state index in [1.54, 1.807) is 16.2 Å². The number of halogens is 1. The van der Waals surface area contributed by atoms with Crippen molar-refractivity contribution in [2.75, 3.05) is 5.32 Å². The van der Waals surface area contributed by atoms with Crippen molar-refractivity contribution >= 4 is 46.3 Å². The molecule has 4 heterocycles. The maximum atomic E-state index is 13.4. The second kappa shape index (κ2) is 9.62. The van der Waals surface area contributed by atoms with Crippen LogP contribution in [-0.2, 0) is 17.9 Å². The predicted molar refractivity (Wildman–Crippen MR) is 152 cm³/mol. The molecule has 2 aromatic carbocycles. The van der Waals surface area contributed by atoms with Crippen molar-refractivity contribution in [3.8, 4) is 5.00 Å². The third kappa shape index (κ3) is 4.49. The van der Waals surface area contributed by atoms with Gasteiger partial charge in [-0.25, -0.2) is 4.79 Å². The summed E-state index contributed by atoms with van der Waals surface area (Å²) in [5.74, 6) is 1.16. The van der Waals surface area contributed by atoms with Crippen LogP contribution in [0.1, 0.15) is 56.8 Å². The fourth-order valence-electron chi connectivity index (χ4n) is 5.15. The number of benzene rings is 2. The number of anilines is 1. The molecule has 198 valence electrons. The maximum absolute atomic E-state index is 13.4. The van der Waals surface area contributed by atoms with E-state index in [4.69, 9.17) is 22.3 Å². The Labute approximate surface area is 234 Å². The summed E-state index contributed by atoms with van der Waals surface area (Å²) in [7, 11) is 0. The van der Waals surface area contributed by atoms with Gasteiger partial charge in [0.2, 0.25) is 5.91 Å². The molecular formula is C28H26ClN7O2S. The van der Waals surface area contributed by atoms with E-state index in [0.29, 0.717) is 29.6 Å². The highest BCUT2D eigenvalue weighted by Gasteiger charge is 2.32. The average molecular weight is 560 g/mol. The molecule has 2 aliphatic heterocycles. The van der Waals surface area contributed by atoms with Gasteiger partial charge in [0.1, 0.15) is 16.9 Å². The monoisotopic (exact) mass is 559 g/mol. The van der Waals surface area contributed by atoms with Gasteiger partial charge in [-0.15, -0.1) is 21.5 Å². The van der Waals surface area contributed by atoms with E-state index < -0.39 is 12.1 Å². The van der Waals surface area contributed by atoms with E-state index in [9.17, 15) is 9.59 Å². The highest BCUT2D eigenvalue weighted by atomic mass is 35.5. The van der Waals surface area contributed by atoms with Crippen LogP contribution in [0.15, 0.2) is 47.5 Å². The van der Waals surface area contributed by atoms with Crippen LogP contribution < -0.4 is 11.1 Å². The van der Waals surface area contributed by atoms with Crippen molar-refractivity contribution in [1.29, 1.82) is 0 Å². The molecule has 39 heavy (non-hydrogen) atoms. The number of nitrogens with two attached hydrogens (primary N) is 1. The number of hydrogen-bond donors (Lipinski definition) is 2. The van der Waals surface area contributed by atoms with Crippen LogP contribution >= 0.6 is 22.9 Å². The molecular weight excluding hydrogens is 534 g/mol. The molecule has 2 aromatic heterocycles. The van der Waals surface area contributed by atoms with Gasteiger partial charge >= 0.3 is 6.03 Å². The van der Waals surface area contributed by atoms with Crippen LogP contribution in [0.3, 0.4) is 0 Å². The van der Waals surface area contributed by atoms with Crippen molar-refractivity contribution in [1.82, 2.24) is 19.7 Å². The van der Waals surface area contributed by atoms with Crippen LogP contribution in [0.25, 0.3) is 5.00 Å². The highest BCUT2D eigenvalue weighted by molar-refractivity contribution is 7.15. The lowest BCUT2D eigenvalue weighted by molar-refractivity contribution is -0.116. The molecule has 0 saturated heterocycles. The van der Waals surface area contributed by atoms with Crippen LogP contribution in [0, 0.1) is 20.8 Å². The largest absolute Gasteiger partial charge is 0.351 e. The minimum absolute atomic E-state index is 0.0761. The molecule has 0 radical (unpaired) electrons. The fraction of sp³-hybridized carbons (Fsp3) is 0.250. The van der Waals surface area contributed by atoms with E-state index in [-0.39, 0.29) is 12.3 Å². The summed E-state index contributed by atoms with van der Waals surface area (Å²) in [6.45, 7) is 7.00. The molecule has 0 bridgehead atoms. The minimum atomic E-state index is -0.559. The number of aryl methyl sites for hydroxylation is 2. The number of amides is 3. The van der Waals surface area contributed by atoms with E-state index in [0.717, 1.165) is 44.4 Å². The molecule has 3 N–H and O–H groups in total. The Bertz CT molecular complexity index is 1670. The number of hydrogen-bond acceptors (Lipinski definition) is 6. The number of urea groups is 1. The molecule has 4 aromatic rings. The Morgan fingerprint density at radius 3 is 2.56 bits per heavy atom. The standard InChI is InChI=1S/C28H26ClN7O2S/c1-14-15(2)39-27-24(14)25(17-4-7-20(29)8-5-17)32-22(26-34-33-16(3)36(26)27)11-23(37)31-21-9-6-18-12-35(28(30)38)13-19(18)10-21/h4-10,22H,11-13H2,1-3H3,(H2,30,38)(H,31,37)/t22-/m0/s1. The molecule has 0 aliphatic carbocycles. The van der Waals surface area contributed by atoms with Gasteiger partial charge in [0.25, 0.3) is 0 Å². The van der Waals surface area contributed by atoms with Gasteiger partial charge in [-0.05, 0) is 61.7 Å². The Morgan fingerprint density at radius 2 is 1.82 bits per heavy atom. The molecule has 9 nitrogen and oxygen atoms in total. The summed E-state index contributed by atoms with van der Waals surface area (Å²) in [6, 6.07) is 12.2. The third-order valence-corrected chi connectivity index (χ3v) is 8.70. The lowest BCUT2D eigenvalue weighted by Gasteiger charge is -2.13. The zero-order valence-electron chi connectivity index (χ0n) is 21.7. The van der Waals surface area contributed by atoms with Gasteiger partial charge in [0.05, 0.1) is 12.1 Å². The van der Waals surface area contributed by atoms with Crippen molar-refractivity contribution in [3.63, 3.8) is 0 Å². The first kappa shape index (κ1) is 25.3. The summed E-state index contributed by atoms with van der Waals surface area (Å²) < 4.78 is 2.03. The number of carbonyl (C=O) groups is 2. The van der Waals surface area contributed by atoms with Gasteiger partial charge < -0.3 is 16.0 Å². The lowest BCUT2D eigenvalue weighted by atomic mass is 9.99. The quantitative estimate of drug-likeness (QED) is 0.356. The smallest absolute Gasteiger partial charge is 0.315 e. The van der Waals surface area contributed by atoms with Crippen molar-refractivity contribution in [2.45, 2.75) is 46.3 Å². The predicted octanol–water partition coefficient (Wildman–Crippen LogP) is 5.22. The molecule has 2 aliphatic rings. The maximum Gasteiger partial charge on any atom is 0.315 e. The van der Waals surface area contributed by atoms with Gasteiger partial charge in [-0.3, -0.25) is 14.4 Å². The summed E-state index contributed by atoms with van der Waals surface area (Å²) >= 11 is 7.86. The first-order valence-electron chi connectivity index (χ1n) is 12.5. The Morgan fingerprint density at radius 1 is 1.08 bits per heavy atom. The molecule has 6 rings (SSSR count). The number of primary amides is 1. The zero-order chi connectivity index (χ0) is 27.4. The van der Waals surface area contributed by atoms with E-state index in [1.807, 2.05) is 54.0 Å². The number of thiophene rings is 1. The lowest BCUT2D eigenvalue weighted by Crippen LogP contribution is -2.30. The number of nitrogens with zero attached hydrogens (tertiary/aromatic N) is 5. The van der Waals surface area contributed by atoms with Gasteiger partial charge in [-0.1, -0.05) is 29.8 Å². The normalized spacial score (nSPS) is 15.7. The Balaban J connectivity index is 1.36. The summed E-state index contributed by atoms with van der Waals surface area (Å²) in [6.07, 6.45) is 0.0761. The first-order chi connectivity index (χ1) is 18.7. The van der Waals surface area contributed by atoms with E-state index >= 15 is 0 Å². The summed E-state index contributed by atoms with van der Waals surface area (Å²) in [4.78, 5) is 32.8. The van der Waals surface area contributed by atoms with E-state index in [1.165, 1.54) is 4.88 Å². The fourth-order valence-corrected chi connectivity index (χ4v) is 6.49. The summed E-state index contributed by atoms with van der Waals surface area (Å²) in [5.41, 5.74) is 12.0. The number of carbonyl (C=O) groups excluding carboxylic acids is 2. The Hall–Kier alpha value is -4.02. The van der Waals surface area contributed by atoms with Crippen molar-refractivity contribution in [2.24, 2.45) is 10.7 Å². The van der Waals surface area contributed by atoms with Gasteiger partial charge in [0, 0.05) is 39.8 Å². The Kier molecular flexibility index (Phi) is 6.23. The minimum Gasteiger partial charge on any atom is -0.351 e. The number of fused-ring (bicyclic) bond motifs is 4. The molecule has 3 amide bonds. The topological polar surface area (TPSA) is 118 Å². The number of aliphatic imine (C=N–C) groups is 1. The molecule has 0 saturated carbocycles. The van der Waals surface area contributed by atoms with Gasteiger partial charge in [0.15, 0.2) is 5.82 Å². The highest BCUT2D eigenvalue weighted by Crippen LogP contribution is 2.39. The molecule has 11 heteroatoms. The SMILES string of the molecule is Cc1sc2c(c1C)C(c1ccc(Cl)cc1)=N[C@@H](CC(=O)Nc1ccc3c(c1)CN(C(N)=O)C3)c1nnc(C)n1-2. The van der Waals surface area contributed by atoms with Crippen molar-refractivity contribution in [3.05, 3.63) is 91.8 Å². The second-order valence-corrected chi connectivity index (χ2v) is 11.5. The van der Waals surface area contributed by atoms with E-state index in [2.05, 4.69) is 29.4 Å². The number of rotatable bonds is 4.